The first-order chi connectivity index (χ1) is 12.3. The number of epoxide rings is 1. The molecule has 1 spiro atoms. The van der Waals surface area contributed by atoms with Crippen molar-refractivity contribution in [3.8, 4) is 0 Å². The van der Waals surface area contributed by atoms with Crippen LogP contribution in [-0.4, -0.2) is 46.0 Å². The van der Waals surface area contributed by atoms with Gasteiger partial charge in [-0.2, -0.15) is 0 Å². The highest BCUT2D eigenvalue weighted by Gasteiger charge is 2.85. The molecule has 26 heavy (non-hydrogen) atoms. The quantitative estimate of drug-likeness (QED) is 0.511. The van der Waals surface area contributed by atoms with Gasteiger partial charge in [0.15, 0.2) is 11.4 Å². The van der Waals surface area contributed by atoms with Gasteiger partial charge in [-0.25, -0.2) is 0 Å². The van der Waals surface area contributed by atoms with E-state index in [1.54, 1.807) is 0 Å². The summed E-state index contributed by atoms with van der Waals surface area (Å²) in [5.74, 6) is 0.907. The van der Waals surface area contributed by atoms with E-state index in [9.17, 15) is 15.0 Å². The average molecular weight is 359 g/mol. The van der Waals surface area contributed by atoms with E-state index < -0.39 is 23.4 Å². The van der Waals surface area contributed by atoms with Crippen LogP contribution in [0.25, 0.3) is 0 Å². The Balaban J connectivity index is 1.55. The number of aliphatic hydroxyl groups is 2. The molecule has 5 nitrogen and oxygen atoms in total. The minimum absolute atomic E-state index is 0.00133. The van der Waals surface area contributed by atoms with Gasteiger partial charge in [0, 0.05) is 17.8 Å². The van der Waals surface area contributed by atoms with E-state index in [4.69, 9.17) is 10.5 Å². The molecule has 9 atom stereocenters. The van der Waals surface area contributed by atoms with E-state index in [-0.39, 0.29) is 29.6 Å². The van der Waals surface area contributed by atoms with Crippen molar-refractivity contribution in [2.24, 2.45) is 34.8 Å². The van der Waals surface area contributed by atoms with Gasteiger partial charge in [0.25, 0.3) is 0 Å². The summed E-state index contributed by atoms with van der Waals surface area (Å²) in [7, 11) is 0. The van der Waals surface area contributed by atoms with Gasteiger partial charge in [0.1, 0.15) is 5.60 Å². The van der Waals surface area contributed by atoms with E-state index in [1.165, 1.54) is 5.57 Å². The van der Waals surface area contributed by atoms with Crippen LogP contribution in [0.3, 0.4) is 0 Å². The highest BCUT2D eigenvalue weighted by molar-refractivity contribution is 5.94. The highest BCUT2D eigenvalue weighted by Crippen LogP contribution is 2.74. The molecule has 1 saturated heterocycles. The minimum Gasteiger partial charge on any atom is -0.393 e. The number of ether oxygens (including phenoxy) is 1. The smallest absolute Gasteiger partial charge is 0.181 e. The molecule has 4 N–H and O–H groups in total. The van der Waals surface area contributed by atoms with Crippen molar-refractivity contribution in [3.05, 3.63) is 23.8 Å². The molecule has 0 aromatic carbocycles. The number of nitrogens with two attached hydrogens (primary N) is 1. The summed E-state index contributed by atoms with van der Waals surface area (Å²) in [5, 5.41) is 21.2. The molecule has 5 rings (SSSR count). The summed E-state index contributed by atoms with van der Waals surface area (Å²) in [6.07, 6.45) is 8.29. The van der Waals surface area contributed by atoms with Crippen LogP contribution >= 0.6 is 0 Å². The Morgan fingerprint density at radius 1 is 1.42 bits per heavy atom. The Labute approximate surface area is 154 Å². The summed E-state index contributed by atoms with van der Waals surface area (Å²) in [5.41, 5.74) is 5.47. The van der Waals surface area contributed by atoms with Crippen LogP contribution in [-0.2, 0) is 9.53 Å². The van der Waals surface area contributed by atoms with Crippen LogP contribution in [0.4, 0.5) is 0 Å². The number of allylic oxidation sites excluding steroid dienone is 2. The zero-order chi connectivity index (χ0) is 18.5. The number of ketones is 1. The molecule has 5 aliphatic rings. The predicted molar refractivity (Wildman–Crippen MR) is 96.1 cm³/mol. The van der Waals surface area contributed by atoms with Crippen LogP contribution in [0, 0.1) is 29.1 Å². The van der Waals surface area contributed by atoms with Crippen molar-refractivity contribution in [1.29, 1.82) is 0 Å². The van der Waals surface area contributed by atoms with Crippen molar-refractivity contribution in [2.75, 3.05) is 6.54 Å². The zero-order valence-electron chi connectivity index (χ0n) is 15.5. The lowest BCUT2D eigenvalue weighted by molar-refractivity contribution is -0.124. The van der Waals surface area contributed by atoms with Gasteiger partial charge in [0.2, 0.25) is 0 Å². The van der Waals surface area contributed by atoms with E-state index in [0.717, 1.165) is 19.3 Å². The molecule has 4 aliphatic carbocycles. The molecule has 3 saturated carbocycles. The second-order valence-corrected chi connectivity index (χ2v) is 9.42. The number of hydrogen-bond donors (Lipinski definition) is 3. The number of carbonyl (C=O) groups is 1. The third-order valence-electron chi connectivity index (χ3n) is 8.48. The van der Waals surface area contributed by atoms with Crippen LogP contribution in [0.15, 0.2) is 23.8 Å². The molecule has 142 valence electrons. The number of rotatable bonds is 2. The Kier molecular flexibility index (Phi) is 3.34. The first kappa shape index (κ1) is 17.1. The topological polar surface area (TPSA) is 96.1 Å². The van der Waals surface area contributed by atoms with Gasteiger partial charge in [-0.1, -0.05) is 37.6 Å². The normalized spacial score (nSPS) is 56.7. The van der Waals surface area contributed by atoms with Gasteiger partial charge in [-0.15, -0.1) is 0 Å². The Morgan fingerprint density at radius 3 is 2.92 bits per heavy atom. The van der Waals surface area contributed by atoms with E-state index in [0.29, 0.717) is 18.3 Å². The average Bonchev–Trinajstić information content (AvgIpc) is 3.20. The fourth-order valence-electron chi connectivity index (χ4n) is 7.50. The van der Waals surface area contributed by atoms with Gasteiger partial charge in [0.05, 0.1) is 18.8 Å². The van der Waals surface area contributed by atoms with E-state index in [1.807, 2.05) is 12.2 Å². The van der Waals surface area contributed by atoms with Gasteiger partial charge in [-0.3, -0.25) is 4.79 Å². The minimum atomic E-state index is -0.756. The second kappa shape index (κ2) is 5.07. The summed E-state index contributed by atoms with van der Waals surface area (Å²) in [6, 6.07) is 0. The SMILES string of the molecule is C[C@@H]1CC2[C@@H]3CCC4=CC(O)C=C[C@]4(C)C3[C@@H](O)C[C@@]23O[C@]13C(=O)CN. The molecule has 1 heterocycles. The van der Waals surface area contributed by atoms with Crippen LogP contribution < -0.4 is 5.73 Å². The fourth-order valence-corrected chi connectivity index (χ4v) is 7.50. The second-order valence-electron chi connectivity index (χ2n) is 9.42. The predicted octanol–water partition coefficient (Wildman–Crippen LogP) is 1.33. The van der Waals surface area contributed by atoms with Crippen molar-refractivity contribution in [3.63, 3.8) is 0 Å². The molecule has 0 amide bonds. The molecule has 0 bridgehead atoms. The summed E-state index contributed by atoms with van der Waals surface area (Å²) < 4.78 is 6.24. The molecule has 0 aromatic heterocycles. The lowest BCUT2D eigenvalue weighted by atomic mass is 9.49. The molecule has 1 aliphatic heterocycles. The zero-order valence-corrected chi connectivity index (χ0v) is 15.5. The number of Topliss-reactive ketones (excluding diaryl/α,β-unsaturated/α-hetero) is 1. The summed E-state index contributed by atoms with van der Waals surface area (Å²) >= 11 is 0. The Hall–Kier alpha value is -1.01. The highest BCUT2D eigenvalue weighted by atomic mass is 16.6. The third kappa shape index (κ3) is 1.74. The van der Waals surface area contributed by atoms with E-state index >= 15 is 0 Å². The van der Waals surface area contributed by atoms with Gasteiger partial charge < -0.3 is 20.7 Å². The summed E-state index contributed by atoms with van der Waals surface area (Å²) in [6.45, 7) is 4.31. The van der Waals surface area contributed by atoms with Crippen molar-refractivity contribution >= 4 is 5.78 Å². The number of fused-ring (bicyclic) bond motifs is 4. The fraction of sp³-hybridized carbons (Fsp3) is 0.762. The maximum absolute atomic E-state index is 12.7. The van der Waals surface area contributed by atoms with Crippen molar-refractivity contribution in [1.82, 2.24) is 0 Å². The van der Waals surface area contributed by atoms with Gasteiger partial charge >= 0.3 is 0 Å². The van der Waals surface area contributed by atoms with E-state index in [2.05, 4.69) is 19.9 Å². The molecule has 0 aromatic rings. The van der Waals surface area contributed by atoms with Crippen molar-refractivity contribution in [2.45, 2.75) is 62.9 Å². The maximum atomic E-state index is 12.7. The third-order valence-corrected chi connectivity index (χ3v) is 8.48. The first-order valence-corrected chi connectivity index (χ1v) is 10.0. The largest absolute Gasteiger partial charge is 0.393 e. The molecule has 5 heteroatoms. The van der Waals surface area contributed by atoms with Gasteiger partial charge in [-0.05, 0) is 37.0 Å². The molecule has 3 unspecified atom stereocenters. The van der Waals surface area contributed by atoms with Crippen molar-refractivity contribution < 1.29 is 19.7 Å². The van der Waals surface area contributed by atoms with Crippen LogP contribution in [0.5, 0.6) is 0 Å². The Morgan fingerprint density at radius 2 is 2.19 bits per heavy atom. The molecule has 4 fully saturated rings. The lowest BCUT2D eigenvalue weighted by Gasteiger charge is -2.55. The van der Waals surface area contributed by atoms with Crippen LogP contribution in [0.2, 0.25) is 0 Å². The first-order valence-electron chi connectivity index (χ1n) is 10.0. The monoisotopic (exact) mass is 359 g/mol. The number of hydrogen-bond acceptors (Lipinski definition) is 5. The molecular weight excluding hydrogens is 330 g/mol. The van der Waals surface area contributed by atoms with Crippen LogP contribution in [0.1, 0.15) is 39.5 Å². The Bertz CT molecular complexity index is 732. The lowest BCUT2D eigenvalue weighted by Crippen LogP contribution is -2.56. The number of carbonyl (C=O) groups excluding carboxylic acids is 1. The summed E-state index contributed by atoms with van der Waals surface area (Å²) in [4.78, 5) is 12.7. The number of aliphatic hydroxyl groups excluding tert-OH is 2. The standard InChI is InChI=1S/C21H29NO4/c1-11-7-15-14-4-3-12-8-13(23)5-6-19(12,2)18(14)16(24)9-20(15)21(11,26-20)17(25)10-22/h5-6,8,11,13-16,18,23-24H,3-4,7,9-10,22H2,1-2H3/t11-,13?,14+,15?,16+,18?,19+,20-,21+/m1/s1. The molecular formula is C21H29NO4. The maximum Gasteiger partial charge on any atom is 0.181 e. The molecule has 0 radical (unpaired) electrons.